The molecule has 0 saturated heterocycles. The Morgan fingerprint density at radius 3 is 2.47 bits per heavy atom. The molecule has 1 saturated carbocycles. The Bertz CT molecular complexity index is 1340. The van der Waals surface area contributed by atoms with E-state index < -0.39 is 5.91 Å². The Balaban J connectivity index is 1.60. The van der Waals surface area contributed by atoms with Crippen LogP contribution in [-0.2, 0) is 4.79 Å². The molecule has 4 rings (SSSR count). The summed E-state index contributed by atoms with van der Waals surface area (Å²) in [4.78, 5) is 39.0. The monoisotopic (exact) mass is 492 g/mol. The van der Waals surface area contributed by atoms with Crippen molar-refractivity contribution in [3.63, 3.8) is 0 Å². The molecule has 1 heterocycles. The molecule has 9 nitrogen and oxygen atoms in total. The Hall–Kier alpha value is -3.88. The molecule has 0 unspecified atom stereocenters. The summed E-state index contributed by atoms with van der Waals surface area (Å²) in [5, 5.41) is 10.9. The second-order valence-corrected chi connectivity index (χ2v) is 9.27. The lowest BCUT2D eigenvalue weighted by molar-refractivity contribution is -0.121. The maximum Gasteiger partial charge on any atom is 0.279 e. The smallest absolute Gasteiger partial charge is 0.279 e. The van der Waals surface area contributed by atoms with Crippen LogP contribution in [0.1, 0.15) is 43.6 Å². The molecular formula is C27H32N4O5. The molecule has 1 aliphatic rings. The maximum atomic E-state index is 13.2. The highest BCUT2D eigenvalue weighted by atomic mass is 16.5. The van der Waals surface area contributed by atoms with Crippen LogP contribution in [0.25, 0.3) is 16.5 Å². The number of amides is 2. The highest BCUT2D eigenvalue weighted by molar-refractivity contribution is 6.05. The standard InChI is InChI=1S/C27H32N4O5/c1-16-8-7-11-21(17(16)2)29-24(32)15-28-26(33)25-19-9-5-6-10-20(19)27(34)31(30-25)18-12-13-22(35-3)23(14-18)36-4/h5-6,9-10,12-14,16-17,21H,7-8,11,15H2,1-4H3,(H,28,33)(H,29,32)/t16-,17+,21-/m1/s1. The van der Waals surface area contributed by atoms with Gasteiger partial charge in [-0.05, 0) is 36.5 Å². The van der Waals surface area contributed by atoms with Gasteiger partial charge in [-0.25, -0.2) is 0 Å². The fourth-order valence-electron chi connectivity index (χ4n) is 4.78. The van der Waals surface area contributed by atoms with Crippen molar-refractivity contribution in [2.24, 2.45) is 11.8 Å². The summed E-state index contributed by atoms with van der Waals surface area (Å²) >= 11 is 0. The van der Waals surface area contributed by atoms with Gasteiger partial charge in [0, 0.05) is 17.5 Å². The van der Waals surface area contributed by atoms with Gasteiger partial charge in [0.05, 0.1) is 31.8 Å². The van der Waals surface area contributed by atoms with E-state index in [0.29, 0.717) is 39.8 Å². The van der Waals surface area contributed by atoms with E-state index in [1.807, 2.05) is 0 Å². The highest BCUT2D eigenvalue weighted by Crippen LogP contribution is 2.30. The SMILES string of the molecule is COc1ccc(-n2nc(C(=O)NCC(=O)N[C@@H]3CCC[C@@H](C)[C@@H]3C)c3ccccc3c2=O)cc1OC. The first-order chi connectivity index (χ1) is 17.3. The molecule has 0 aliphatic heterocycles. The van der Waals surface area contributed by atoms with Crippen LogP contribution in [0.5, 0.6) is 11.5 Å². The third-order valence-corrected chi connectivity index (χ3v) is 7.09. The topological polar surface area (TPSA) is 112 Å². The molecule has 9 heteroatoms. The van der Waals surface area contributed by atoms with Gasteiger partial charge in [0.2, 0.25) is 5.91 Å². The third kappa shape index (κ3) is 5.05. The third-order valence-electron chi connectivity index (χ3n) is 7.09. The summed E-state index contributed by atoms with van der Waals surface area (Å²) in [5.41, 5.74) is 0.0792. The summed E-state index contributed by atoms with van der Waals surface area (Å²) in [5.74, 6) is 1.07. The van der Waals surface area contributed by atoms with Gasteiger partial charge in [-0.2, -0.15) is 9.78 Å². The van der Waals surface area contributed by atoms with Gasteiger partial charge in [-0.15, -0.1) is 0 Å². The first kappa shape index (κ1) is 25.2. The number of hydrogen-bond donors (Lipinski definition) is 2. The van der Waals surface area contributed by atoms with Crippen LogP contribution in [-0.4, -0.2) is 48.4 Å². The molecule has 0 spiro atoms. The van der Waals surface area contributed by atoms with Crippen molar-refractivity contribution >= 4 is 22.6 Å². The number of ether oxygens (including phenoxy) is 2. The number of hydrogen-bond acceptors (Lipinski definition) is 6. The lowest BCUT2D eigenvalue weighted by Gasteiger charge is -2.34. The minimum atomic E-state index is -0.541. The first-order valence-electron chi connectivity index (χ1n) is 12.2. The molecule has 3 atom stereocenters. The Morgan fingerprint density at radius 2 is 1.75 bits per heavy atom. The number of rotatable bonds is 7. The van der Waals surface area contributed by atoms with Gasteiger partial charge in [-0.1, -0.05) is 44.9 Å². The van der Waals surface area contributed by atoms with Crippen LogP contribution in [0, 0.1) is 11.8 Å². The van der Waals surface area contributed by atoms with Crippen molar-refractivity contribution in [3.8, 4) is 17.2 Å². The second kappa shape index (κ2) is 10.8. The lowest BCUT2D eigenvalue weighted by atomic mass is 9.78. The van der Waals surface area contributed by atoms with E-state index in [9.17, 15) is 14.4 Å². The van der Waals surface area contributed by atoms with Gasteiger partial charge in [0.1, 0.15) is 0 Å². The molecular weight excluding hydrogens is 460 g/mol. The number of benzene rings is 2. The van der Waals surface area contributed by atoms with Gasteiger partial charge in [0.15, 0.2) is 17.2 Å². The Labute approximate surface area is 209 Å². The summed E-state index contributed by atoms with van der Waals surface area (Å²) in [6.07, 6.45) is 3.18. The molecule has 1 aliphatic carbocycles. The van der Waals surface area contributed by atoms with Crippen LogP contribution in [0.3, 0.4) is 0 Å². The van der Waals surface area contributed by atoms with Gasteiger partial charge >= 0.3 is 0 Å². The molecule has 3 aromatic rings. The predicted octanol–water partition coefficient (Wildman–Crippen LogP) is 3.07. The van der Waals surface area contributed by atoms with Crippen molar-refractivity contribution in [2.45, 2.75) is 39.2 Å². The Kier molecular flexibility index (Phi) is 7.57. The van der Waals surface area contributed by atoms with E-state index in [4.69, 9.17) is 9.47 Å². The zero-order valence-corrected chi connectivity index (χ0v) is 21.0. The highest BCUT2D eigenvalue weighted by Gasteiger charge is 2.28. The van der Waals surface area contributed by atoms with E-state index in [2.05, 4.69) is 29.6 Å². The van der Waals surface area contributed by atoms with E-state index >= 15 is 0 Å². The fourth-order valence-corrected chi connectivity index (χ4v) is 4.78. The molecule has 0 radical (unpaired) electrons. The normalized spacial score (nSPS) is 19.5. The predicted molar refractivity (Wildman–Crippen MR) is 137 cm³/mol. The van der Waals surface area contributed by atoms with Crippen molar-refractivity contribution in [2.75, 3.05) is 20.8 Å². The number of carbonyl (C=O) groups excluding carboxylic acids is 2. The first-order valence-corrected chi connectivity index (χ1v) is 12.2. The summed E-state index contributed by atoms with van der Waals surface area (Å²) in [7, 11) is 3.02. The number of methoxy groups -OCH3 is 2. The number of nitrogens with zero attached hydrogens (tertiary/aromatic N) is 2. The number of aromatic nitrogens is 2. The van der Waals surface area contributed by atoms with Crippen LogP contribution < -0.4 is 25.7 Å². The molecule has 190 valence electrons. The summed E-state index contributed by atoms with van der Waals surface area (Å²) in [6.45, 7) is 4.18. The number of carbonyl (C=O) groups is 2. The molecule has 0 bridgehead atoms. The zero-order valence-electron chi connectivity index (χ0n) is 21.0. The fraction of sp³-hybridized carbons (Fsp3) is 0.407. The minimum absolute atomic E-state index is 0.0486. The summed E-state index contributed by atoms with van der Waals surface area (Å²) in [6, 6.07) is 11.8. The maximum absolute atomic E-state index is 13.2. The van der Waals surface area contributed by atoms with Crippen LogP contribution in [0.15, 0.2) is 47.3 Å². The van der Waals surface area contributed by atoms with Crippen molar-refractivity contribution in [3.05, 3.63) is 58.5 Å². The zero-order chi connectivity index (χ0) is 25.8. The molecule has 1 aromatic heterocycles. The minimum Gasteiger partial charge on any atom is -0.493 e. The van der Waals surface area contributed by atoms with Crippen molar-refractivity contribution < 1.29 is 19.1 Å². The van der Waals surface area contributed by atoms with Crippen LogP contribution in [0.4, 0.5) is 0 Å². The number of nitrogens with one attached hydrogen (secondary N) is 2. The van der Waals surface area contributed by atoms with Crippen LogP contribution in [0.2, 0.25) is 0 Å². The molecule has 36 heavy (non-hydrogen) atoms. The quantitative estimate of drug-likeness (QED) is 0.524. The van der Waals surface area contributed by atoms with E-state index in [-0.39, 0.29) is 29.7 Å². The average molecular weight is 493 g/mol. The van der Waals surface area contributed by atoms with Gasteiger partial charge in [0.25, 0.3) is 11.5 Å². The average Bonchev–Trinajstić information content (AvgIpc) is 2.90. The molecule has 2 aromatic carbocycles. The van der Waals surface area contributed by atoms with Gasteiger partial charge < -0.3 is 20.1 Å². The van der Waals surface area contributed by atoms with Crippen molar-refractivity contribution in [1.82, 2.24) is 20.4 Å². The molecule has 2 amide bonds. The van der Waals surface area contributed by atoms with E-state index in [1.54, 1.807) is 42.5 Å². The lowest BCUT2D eigenvalue weighted by Crippen LogP contribution is -2.47. The number of fused-ring (bicyclic) bond motifs is 1. The second-order valence-electron chi connectivity index (χ2n) is 9.27. The van der Waals surface area contributed by atoms with E-state index in [0.717, 1.165) is 17.5 Å². The van der Waals surface area contributed by atoms with Crippen molar-refractivity contribution in [1.29, 1.82) is 0 Å². The Morgan fingerprint density at radius 1 is 1.03 bits per heavy atom. The summed E-state index contributed by atoms with van der Waals surface area (Å²) < 4.78 is 11.8. The molecule has 1 fully saturated rings. The molecule has 2 N–H and O–H groups in total. The van der Waals surface area contributed by atoms with E-state index in [1.165, 1.54) is 20.6 Å². The van der Waals surface area contributed by atoms with Gasteiger partial charge in [-0.3, -0.25) is 14.4 Å². The largest absolute Gasteiger partial charge is 0.493 e. The van der Waals surface area contributed by atoms with Crippen LogP contribution >= 0.6 is 0 Å².